The van der Waals surface area contributed by atoms with E-state index in [1.54, 1.807) is 12.1 Å². The lowest BCUT2D eigenvalue weighted by molar-refractivity contribution is 0.422. The van der Waals surface area contributed by atoms with Crippen molar-refractivity contribution in [1.82, 2.24) is 5.32 Å². The van der Waals surface area contributed by atoms with Crippen LogP contribution in [0.15, 0.2) is 29.7 Å². The van der Waals surface area contributed by atoms with Crippen LogP contribution in [0, 0.1) is 5.82 Å². The van der Waals surface area contributed by atoms with Gasteiger partial charge in [0.1, 0.15) is 0 Å². The molecular formula is C11H12FNO3S. The van der Waals surface area contributed by atoms with Crippen LogP contribution in [0.1, 0.15) is 5.56 Å². The first-order chi connectivity index (χ1) is 7.98. The third-order valence-electron chi connectivity index (χ3n) is 2.56. The maximum Gasteiger partial charge on any atom is 0.173 e. The number of hydrogen-bond donors (Lipinski definition) is 2. The molecule has 0 saturated heterocycles. The predicted octanol–water partition coefficient (Wildman–Crippen LogP) is 0.932. The Kier molecular flexibility index (Phi) is 3.17. The van der Waals surface area contributed by atoms with Crippen LogP contribution in [0.5, 0.6) is 5.75 Å². The van der Waals surface area contributed by atoms with Gasteiger partial charge in [-0.25, -0.2) is 12.8 Å². The summed E-state index contributed by atoms with van der Waals surface area (Å²) in [6, 6.07) is 3.95. The van der Waals surface area contributed by atoms with Crippen molar-refractivity contribution in [2.24, 2.45) is 0 Å². The zero-order valence-electron chi connectivity index (χ0n) is 8.93. The fourth-order valence-corrected chi connectivity index (χ4v) is 2.92. The average Bonchev–Trinajstić information content (AvgIpc) is 2.61. The summed E-state index contributed by atoms with van der Waals surface area (Å²) in [7, 11) is -3.10. The molecule has 2 N–H and O–H groups in total. The van der Waals surface area contributed by atoms with Crippen molar-refractivity contribution in [3.63, 3.8) is 0 Å². The van der Waals surface area contributed by atoms with Crippen LogP contribution in [-0.4, -0.2) is 25.3 Å². The number of benzene rings is 1. The minimum absolute atomic E-state index is 0.00305. The second-order valence-corrected chi connectivity index (χ2v) is 5.82. The normalized spacial score (nSPS) is 21.8. The number of aromatic hydroxyl groups is 1. The summed E-state index contributed by atoms with van der Waals surface area (Å²) in [5.74, 6) is -1.08. The van der Waals surface area contributed by atoms with E-state index < -0.39 is 21.4 Å². The summed E-state index contributed by atoms with van der Waals surface area (Å²) >= 11 is 0. The topological polar surface area (TPSA) is 66.4 Å². The Morgan fingerprint density at radius 2 is 2.24 bits per heavy atom. The third-order valence-corrected chi connectivity index (χ3v) is 3.95. The van der Waals surface area contributed by atoms with Crippen LogP contribution in [0.2, 0.25) is 0 Å². The molecule has 1 heterocycles. The molecule has 92 valence electrons. The Morgan fingerprint density at radius 1 is 1.47 bits per heavy atom. The molecule has 1 aromatic carbocycles. The van der Waals surface area contributed by atoms with Crippen molar-refractivity contribution in [3.05, 3.63) is 41.1 Å². The molecule has 0 bridgehead atoms. The van der Waals surface area contributed by atoms with Gasteiger partial charge in [0, 0.05) is 23.6 Å². The van der Waals surface area contributed by atoms with Crippen LogP contribution in [-0.2, 0) is 16.4 Å². The van der Waals surface area contributed by atoms with E-state index >= 15 is 0 Å². The van der Waals surface area contributed by atoms with Crippen LogP contribution in [0.4, 0.5) is 4.39 Å². The second kappa shape index (κ2) is 4.46. The summed E-state index contributed by atoms with van der Waals surface area (Å²) in [6.07, 6.45) is 1.55. The van der Waals surface area contributed by atoms with E-state index in [9.17, 15) is 17.9 Å². The average molecular weight is 257 g/mol. The van der Waals surface area contributed by atoms with Gasteiger partial charge >= 0.3 is 0 Å². The predicted molar refractivity (Wildman–Crippen MR) is 61.6 cm³/mol. The van der Waals surface area contributed by atoms with Gasteiger partial charge in [-0.3, -0.25) is 0 Å². The first kappa shape index (κ1) is 12.1. The summed E-state index contributed by atoms with van der Waals surface area (Å²) in [6.45, 7) is 0.216. The molecular weight excluding hydrogens is 245 g/mol. The maximum absolute atomic E-state index is 13.0. The molecule has 1 aliphatic rings. The minimum Gasteiger partial charge on any atom is -0.505 e. The van der Waals surface area contributed by atoms with Gasteiger partial charge in [-0.1, -0.05) is 18.2 Å². The lowest BCUT2D eigenvalue weighted by atomic mass is 10.2. The molecule has 6 heteroatoms. The van der Waals surface area contributed by atoms with Gasteiger partial charge in [-0.05, 0) is 6.07 Å². The van der Waals surface area contributed by atoms with E-state index in [1.807, 2.05) is 0 Å². The highest BCUT2D eigenvalue weighted by Gasteiger charge is 2.21. The highest BCUT2D eigenvalue weighted by atomic mass is 32.2. The number of rotatable bonds is 3. The fourth-order valence-electron chi connectivity index (χ4n) is 1.65. The Balaban J connectivity index is 2.00. The quantitative estimate of drug-likeness (QED) is 0.845. The maximum atomic E-state index is 13.0. The Labute approximate surface area is 98.7 Å². The summed E-state index contributed by atoms with van der Waals surface area (Å²) < 4.78 is 35.3. The first-order valence-corrected chi connectivity index (χ1v) is 6.80. The van der Waals surface area contributed by atoms with Gasteiger partial charge in [-0.15, -0.1) is 0 Å². The summed E-state index contributed by atoms with van der Waals surface area (Å²) in [4.78, 5) is 0. The lowest BCUT2D eigenvalue weighted by Crippen LogP contribution is -2.29. The van der Waals surface area contributed by atoms with E-state index in [0.29, 0.717) is 5.56 Å². The number of hydrogen-bond acceptors (Lipinski definition) is 4. The monoisotopic (exact) mass is 257 g/mol. The summed E-state index contributed by atoms with van der Waals surface area (Å²) in [5.41, 5.74) is 0.405. The van der Waals surface area contributed by atoms with Gasteiger partial charge < -0.3 is 10.4 Å². The van der Waals surface area contributed by atoms with Gasteiger partial charge in [0.2, 0.25) is 0 Å². The smallest absolute Gasteiger partial charge is 0.173 e. The molecule has 2 rings (SSSR count). The van der Waals surface area contributed by atoms with Crippen molar-refractivity contribution in [1.29, 1.82) is 0 Å². The number of nitrogens with one attached hydrogen (secondary N) is 1. The van der Waals surface area contributed by atoms with E-state index in [1.165, 1.54) is 12.1 Å². The molecule has 1 unspecified atom stereocenters. The Bertz CT molecular complexity index is 554. The summed E-state index contributed by atoms with van der Waals surface area (Å²) in [5, 5.41) is 13.5. The van der Waals surface area contributed by atoms with Crippen LogP contribution < -0.4 is 5.32 Å². The molecule has 0 fully saturated rings. The van der Waals surface area contributed by atoms with Gasteiger partial charge in [0.15, 0.2) is 21.4 Å². The molecule has 1 aliphatic heterocycles. The zero-order valence-corrected chi connectivity index (χ0v) is 9.74. The number of halogens is 1. The molecule has 0 aliphatic carbocycles. The largest absolute Gasteiger partial charge is 0.505 e. The fraction of sp³-hybridized carbons (Fsp3) is 0.273. The number of para-hydroxylation sites is 1. The SMILES string of the molecule is O=S1(=O)C=CC(NCc2cccc(F)c2O)C1. The lowest BCUT2D eigenvalue weighted by Gasteiger charge is -2.11. The molecule has 0 radical (unpaired) electrons. The number of sulfone groups is 1. The van der Waals surface area contributed by atoms with Crippen LogP contribution in [0.3, 0.4) is 0 Å². The highest BCUT2D eigenvalue weighted by Crippen LogP contribution is 2.20. The third kappa shape index (κ3) is 2.83. The standard InChI is InChI=1S/C11H12FNO3S/c12-10-3-1-2-8(11(10)14)6-13-9-4-5-17(15,16)7-9/h1-5,9,13-14H,6-7H2. The van der Waals surface area contributed by atoms with Gasteiger partial charge in [-0.2, -0.15) is 0 Å². The second-order valence-electron chi connectivity index (χ2n) is 3.89. The molecule has 1 aromatic rings. The van der Waals surface area contributed by atoms with Gasteiger partial charge in [0.05, 0.1) is 5.75 Å². The molecule has 0 saturated carbocycles. The number of phenols is 1. The van der Waals surface area contributed by atoms with E-state index in [-0.39, 0.29) is 18.3 Å². The van der Waals surface area contributed by atoms with Crippen molar-refractivity contribution >= 4 is 9.84 Å². The zero-order chi connectivity index (χ0) is 12.5. The Morgan fingerprint density at radius 3 is 2.88 bits per heavy atom. The highest BCUT2D eigenvalue weighted by molar-refractivity contribution is 7.94. The van der Waals surface area contributed by atoms with Crippen molar-refractivity contribution in [2.45, 2.75) is 12.6 Å². The molecule has 0 aromatic heterocycles. The van der Waals surface area contributed by atoms with Crippen LogP contribution >= 0.6 is 0 Å². The van der Waals surface area contributed by atoms with E-state index in [0.717, 1.165) is 5.41 Å². The minimum atomic E-state index is -3.10. The van der Waals surface area contributed by atoms with Crippen molar-refractivity contribution < 1.29 is 17.9 Å². The van der Waals surface area contributed by atoms with E-state index in [2.05, 4.69) is 5.32 Å². The van der Waals surface area contributed by atoms with Crippen molar-refractivity contribution in [3.8, 4) is 5.75 Å². The molecule has 0 amide bonds. The van der Waals surface area contributed by atoms with Crippen LogP contribution in [0.25, 0.3) is 0 Å². The molecule has 1 atom stereocenters. The number of phenolic OH excluding ortho intramolecular Hbond substituents is 1. The van der Waals surface area contributed by atoms with Gasteiger partial charge in [0.25, 0.3) is 0 Å². The molecule has 0 spiro atoms. The Hall–Kier alpha value is -1.40. The van der Waals surface area contributed by atoms with E-state index in [4.69, 9.17) is 0 Å². The molecule has 4 nitrogen and oxygen atoms in total. The van der Waals surface area contributed by atoms with Crippen molar-refractivity contribution in [2.75, 3.05) is 5.75 Å². The molecule has 17 heavy (non-hydrogen) atoms. The first-order valence-electron chi connectivity index (χ1n) is 5.09.